The lowest BCUT2D eigenvalue weighted by molar-refractivity contribution is -0.139. The van der Waals surface area contributed by atoms with Crippen molar-refractivity contribution in [3.63, 3.8) is 0 Å². The summed E-state index contributed by atoms with van der Waals surface area (Å²) in [7, 11) is 0. The zero-order valence-corrected chi connectivity index (χ0v) is 23.3. The molecule has 0 saturated carbocycles. The average Bonchev–Trinajstić information content (AvgIpc) is 3.28. The molecular formula is C34H36FNO5. The number of Topliss-reactive ketones (excluding diaryl/α,β-unsaturated/α-hetero) is 1. The van der Waals surface area contributed by atoms with E-state index >= 15 is 0 Å². The van der Waals surface area contributed by atoms with Crippen molar-refractivity contribution in [2.45, 2.75) is 64.2 Å². The minimum Gasteiger partial charge on any atom is -0.481 e. The van der Waals surface area contributed by atoms with Crippen LogP contribution in [0, 0.1) is 5.82 Å². The number of benzene rings is 3. The first-order valence-electron chi connectivity index (χ1n) is 13.9. The van der Waals surface area contributed by atoms with E-state index in [4.69, 9.17) is 5.11 Å². The van der Waals surface area contributed by atoms with Crippen molar-refractivity contribution in [2.24, 2.45) is 0 Å². The number of halogens is 1. The molecule has 4 aromatic rings. The molecule has 41 heavy (non-hydrogen) atoms. The van der Waals surface area contributed by atoms with Gasteiger partial charge < -0.3 is 19.9 Å². The maximum atomic E-state index is 14.2. The highest BCUT2D eigenvalue weighted by atomic mass is 19.1. The third kappa shape index (κ3) is 7.37. The fraction of sp³-hybridized carbons (Fsp3) is 0.294. The summed E-state index contributed by atoms with van der Waals surface area (Å²) in [4.78, 5) is 25.1. The van der Waals surface area contributed by atoms with Gasteiger partial charge in [-0.1, -0.05) is 74.5 Å². The molecule has 0 bridgehead atoms. The van der Waals surface area contributed by atoms with Crippen LogP contribution in [0.3, 0.4) is 0 Å². The Labute approximate surface area is 239 Å². The van der Waals surface area contributed by atoms with Crippen LogP contribution in [0.1, 0.15) is 60.6 Å². The zero-order valence-electron chi connectivity index (χ0n) is 23.3. The SMILES string of the molecule is CC(C)c1c(C(=O)Cc2ccccc2)c(-c2ccccc2)c(-c2ccc(F)cc2)n1CC[C@@H](O)C[C@@H](O)CC(=O)O. The number of carboxylic acid groups (broad SMARTS) is 1. The minimum atomic E-state index is -1.17. The van der Waals surface area contributed by atoms with Crippen molar-refractivity contribution >= 4 is 11.8 Å². The van der Waals surface area contributed by atoms with Crippen molar-refractivity contribution in [2.75, 3.05) is 0 Å². The van der Waals surface area contributed by atoms with Gasteiger partial charge in [-0.25, -0.2) is 4.39 Å². The van der Waals surface area contributed by atoms with E-state index in [9.17, 15) is 24.2 Å². The Kier molecular flexibility index (Phi) is 9.86. The first-order chi connectivity index (χ1) is 19.7. The molecule has 1 heterocycles. The number of hydrogen-bond donors (Lipinski definition) is 3. The monoisotopic (exact) mass is 557 g/mol. The van der Waals surface area contributed by atoms with Crippen LogP contribution in [-0.2, 0) is 17.8 Å². The number of aromatic nitrogens is 1. The van der Waals surface area contributed by atoms with E-state index < -0.39 is 24.6 Å². The number of hydrogen-bond acceptors (Lipinski definition) is 4. The number of aliphatic hydroxyl groups is 2. The summed E-state index contributed by atoms with van der Waals surface area (Å²) in [5.41, 5.74) is 5.37. The molecule has 7 heteroatoms. The van der Waals surface area contributed by atoms with Gasteiger partial charge in [0, 0.05) is 29.8 Å². The second kappa shape index (κ2) is 13.5. The van der Waals surface area contributed by atoms with E-state index in [-0.39, 0.29) is 36.8 Å². The van der Waals surface area contributed by atoms with Crippen molar-refractivity contribution in [3.05, 3.63) is 108 Å². The number of aliphatic hydroxyl groups excluding tert-OH is 2. The minimum absolute atomic E-state index is 0.0432. The Bertz CT molecular complexity index is 1460. The van der Waals surface area contributed by atoms with Gasteiger partial charge in [-0.15, -0.1) is 0 Å². The largest absolute Gasteiger partial charge is 0.481 e. The van der Waals surface area contributed by atoms with Gasteiger partial charge in [0.2, 0.25) is 0 Å². The standard InChI is InChI=1S/C34H36FNO5/c1-22(2)33-32(29(39)19-23-9-5-3-6-10-23)31(24-11-7-4-8-12-24)34(25-13-15-26(35)16-14-25)36(33)18-17-27(37)20-28(38)21-30(40)41/h3-16,22,27-28,37-38H,17-21H2,1-2H3,(H,40,41)/t27-,28-/m1/s1. The quantitative estimate of drug-likeness (QED) is 0.163. The highest BCUT2D eigenvalue weighted by Crippen LogP contribution is 2.43. The normalized spacial score (nSPS) is 12.8. The third-order valence-corrected chi connectivity index (χ3v) is 7.16. The van der Waals surface area contributed by atoms with E-state index in [1.807, 2.05) is 79.1 Å². The summed E-state index contributed by atoms with van der Waals surface area (Å²) in [5, 5.41) is 29.8. The lowest BCUT2D eigenvalue weighted by Crippen LogP contribution is -2.22. The second-order valence-corrected chi connectivity index (χ2v) is 10.7. The van der Waals surface area contributed by atoms with Crippen molar-refractivity contribution in [1.29, 1.82) is 0 Å². The van der Waals surface area contributed by atoms with Gasteiger partial charge in [-0.2, -0.15) is 0 Å². The lowest BCUT2D eigenvalue weighted by Gasteiger charge is -2.20. The van der Waals surface area contributed by atoms with Gasteiger partial charge in [0.1, 0.15) is 5.82 Å². The molecule has 0 aliphatic carbocycles. The number of carbonyl (C=O) groups is 2. The summed E-state index contributed by atoms with van der Waals surface area (Å²) >= 11 is 0. The van der Waals surface area contributed by atoms with E-state index in [1.54, 1.807) is 12.1 Å². The molecule has 6 nitrogen and oxygen atoms in total. The first kappa shape index (κ1) is 29.9. The fourth-order valence-electron chi connectivity index (χ4n) is 5.41. The van der Waals surface area contributed by atoms with Gasteiger partial charge in [0.05, 0.1) is 24.3 Å². The zero-order chi connectivity index (χ0) is 29.5. The highest BCUT2D eigenvalue weighted by Gasteiger charge is 2.30. The molecule has 4 rings (SSSR count). The number of nitrogens with zero attached hydrogens (tertiary/aromatic N) is 1. The number of ketones is 1. The average molecular weight is 558 g/mol. The van der Waals surface area contributed by atoms with E-state index in [2.05, 4.69) is 0 Å². The summed E-state index contributed by atoms with van der Waals surface area (Å²) in [5.74, 6) is -1.63. The van der Waals surface area contributed by atoms with Crippen LogP contribution in [-0.4, -0.2) is 43.8 Å². The maximum Gasteiger partial charge on any atom is 0.305 e. The predicted molar refractivity (Wildman–Crippen MR) is 157 cm³/mol. The van der Waals surface area contributed by atoms with Crippen molar-refractivity contribution in [1.82, 2.24) is 4.57 Å². The van der Waals surface area contributed by atoms with Crippen LogP contribution in [0.4, 0.5) is 4.39 Å². The Hall–Kier alpha value is -4.07. The molecule has 0 amide bonds. The molecule has 3 aromatic carbocycles. The Balaban J connectivity index is 1.89. The van der Waals surface area contributed by atoms with E-state index in [0.29, 0.717) is 12.1 Å². The molecular weight excluding hydrogens is 521 g/mol. The maximum absolute atomic E-state index is 14.2. The van der Waals surface area contributed by atoms with Gasteiger partial charge in [-0.3, -0.25) is 9.59 Å². The molecule has 214 valence electrons. The van der Waals surface area contributed by atoms with Crippen LogP contribution in [0.15, 0.2) is 84.9 Å². The lowest BCUT2D eigenvalue weighted by atomic mass is 9.90. The van der Waals surface area contributed by atoms with Gasteiger partial charge in [0.25, 0.3) is 0 Å². The molecule has 0 spiro atoms. The molecule has 1 aromatic heterocycles. The highest BCUT2D eigenvalue weighted by molar-refractivity contribution is 6.08. The van der Waals surface area contributed by atoms with Gasteiger partial charge in [-0.05, 0) is 59.7 Å². The molecule has 3 N–H and O–H groups in total. The number of rotatable bonds is 13. The number of aliphatic carboxylic acids is 1. The van der Waals surface area contributed by atoms with Crippen LogP contribution >= 0.6 is 0 Å². The van der Waals surface area contributed by atoms with Crippen molar-refractivity contribution < 1.29 is 29.3 Å². The fourth-order valence-corrected chi connectivity index (χ4v) is 5.41. The Morgan fingerprint density at radius 3 is 2.02 bits per heavy atom. The smallest absolute Gasteiger partial charge is 0.305 e. The molecule has 0 saturated heterocycles. The Morgan fingerprint density at radius 1 is 0.829 bits per heavy atom. The van der Waals surface area contributed by atoms with Crippen LogP contribution < -0.4 is 0 Å². The summed E-state index contributed by atoms with van der Waals surface area (Å²) in [6, 6.07) is 25.3. The number of carboxylic acids is 1. The second-order valence-electron chi connectivity index (χ2n) is 10.7. The van der Waals surface area contributed by atoms with Crippen molar-refractivity contribution in [3.8, 4) is 22.4 Å². The number of carbonyl (C=O) groups excluding carboxylic acids is 1. The molecule has 0 fully saturated rings. The Morgan fingerprint density at radius 2 is 1.44 bits per heavy atom. The predicted octanol–water partition coefficient (Wildman–Crippen LogP) is 6.49. The molecule has 2 atom stereocenters. The van der Waals surface area contributed by atoms with Crippen LogP contribution in [0.2, 0.25) is 0 Å². The topological polar surface area (TPSA) is 99.8 Å². The summed E-state index contributed by atoms with van der Waals surface area (Å²) in [6.07, 6.45) is -2.24. The molecule has 0 unspecified atom stereocenters. The third-order valence-electron chi connectivity index (χ3n) is 7.16. The van der Waals surface area contributed by atoms with Crippen LogP contribution in [0.25, 0.3) is 22.4 Å². The van der Waals surface area contributed by atoms with Gasteiger partial charge in [0.15, 0.2) is 5.78 Å². The molecule has 0 aliphatic rings. The molecule has 0 aliphatic heterocycles. The summed E-state index contributed by atoms with van der Waals surface area (Å²) in [6.45, 7) is 4.34. The van der Waals surface area contributed by atoms with Gasteiger partial charge >= 0.3 is 5.97 Å². The molecule has 0 radical (unpaired) electrons. The van der Waals surface area contributed by atoms with E-state index in [0.717, 1.165) is 33.6 Å². The first-order valence-corrected chi connectivity index (χ1v) is 13.9. The van der Waals surface area contributed by atoms with Crippen LogP contribution in [0.5, 0.6) is 0 Å². The summed E-state index contributed by atoms with van der Waals surface area (Å²) < 4.78 is 16.0. The van der Waals surface area contributed by atoms with E-state index in [1.165, 1.54) is 12.1 Å².